The molecule has 3 atom stereocenters. The summed E-state index contributed by atoms with van der Waals surface area (Å²) in [4.78, 5) is 50.7. The second kappa shape index (κ2) is 14.1. The summed E-state index contributed by atoms with van der Waals surface area (Å²) in [6, 6.07) is 11.8. The normalized spacial score (nSPS) is 13.3. The van der Waals surface area contributed by atoms with Crippen molar-refractivity contribution in [2.45, 2.75) is 44.8 Å². The number of phenolic OH excluding ortho intramolecular Hbond substituents is 1. The van der Waals surface area contributed by atoms with Crippen LogP contribution >= 0.6 is 11.8 Å². The van der Waals surface area contributed by atoms with E-state index in [1.807, 2.05) is 12.3 Å². The Morgan fingerprint density at radius 1 is 0.861 bits per heavy atom. The molecule has 194 valence electrons. The molecule has 0 saturated heterocycles. The molecule has 2 aromatic rings. The van der Waals surface area contributed by atoms with Gasteiger partial charge in [-0.25, -0.2) is 4.79 Å². The number of carboxylic acid groups (broad SMARTS) is 1. The van der Waals surface area contributed by atoms with Crippen LogP contribution in [-0.4, -0.2) is 64.0 Å². The van der Waals surface area contributed by atoms with Crippen molar-refractivity contribution in [1.82, 2.24) is 16.0 Å². The monoisotopic (exact) mass is 515 g/mol. The van der Waals surface area contributed by atoms with Crippen LogP contribution in [0.5, 0.6) is 5.75 Å². The molecule has 36 heavy (non-hydrogen) atoms. The number of thioether (sulfide) groups is 1. The molecular formula is C26H33N3O6S. The maximum Gasteiger partial charge on any atom is 0.326 e. The number of para-hydroxylation sites is 1. The molecule has 9 nitrogen and oxygen atoms in total. The van der Waals surface area contributed by atoms with E-state index < -0.39 is 41.8 Å². The van der Waals surface area contributed by atoms with Gasteiger partial charge < -0.3 is 26.2 Å². The molecule has 0 saturated carbocycles. The summed E-state index contributed by atoms with van der Waals surface area (Å²) in [6.45, 7) is 3.48. The fourth-order valence-electron chi connectivity index (χ4n) is 3.51. The van der Waals surface area contributed by atoms with E-state index in [1.165, 1.54) is 23.9 Å². The van der Waals surface area contributed by atoms with E-state index in [-0.39, 0.29) is 30.1 Å². The number of benzene rings is 2. The number of aromatic hydroxyl groups is 1. The van der Waals surface area contributed by atoms with Gasteiger partial charge in [-0.2, -0.15) is 11.8 Å². The topological polar surface area (TPSA) is 145 Å². The third-order valence-corrected chi connectivity index (χ3v) is 6.17. The Kier molecular flexibility index (Phi) is 11.3. The third-order valence-electron chi connectivity index (χ3n) is 5.53. The number of hydrogen-bond acceptors (Lipinski definition) is 6. The van der Waals surface area contributed by atoms with Gasteiger partial charge in [0, 0.05) is 6.42 Å². The molecule has 0 spiro atoms. The molecule has 0 unspecified atom stereocenters. The zero-order chi connectivity index (χ0) is 26.7. The molecule has 0 heterocycles. The number of carbonyl (C=O) groups excluding carboxylic acids is 3. The van der Waals surface area contributed by atoms with Crippen molar-refractivity contribution in [1.29, 1.82) is 0 Å². The summed E-state index contributed by atoms with van der Waals surface area (Å²) in [5, 5.41) is 27.3. The van der Waals surface area contributed by atoms with Crippen LogP contribution in [0.4, 0.5) is 0 Å². The predicted molar refractivity (Wildman–Crippen MR) is 139 cm³/mol. The van der Waals surface area contributed by atoms with E-state index in [0.717, 1.165) is 5.56 Å². The van der Waals surface area contributed by atoms with Crippen LogP contribution in [-0.2, 0) is 20.8 Å². The Morgan fingerprint density at radius 3 is 2.06 bits per heavy atom. The molecular weight excluding hydrogens is 482 g/mol. The zero-order valence-corrected chi connectivity index (χ0v) is 21.4. The van der Waals surface area contributed by atoms with Crippen molar-refractivity contribution in [3.05, 3.63) is 65.7 Å². The van der Waals surface area contributed by atoms with Crippen LogP contribution in [0.2, 0.25) is 0 Å². The molecule has 5 N–H and O–H groups in total. The van der Waals surface area contributed by atoms with Gasteiger partial charge in [0.1, 0.15) is 23.9 Å². The molecule has 10 heteroatoms. The van der Waals surface area contributed by atoms with Gasteiger partial charge in [-0.3, -0.25) is 14.4 Å². The maximum absolute atomic E-state index is 13.2. The van der Waals surface area contributed by atoms with E-state index >= 15 is 0 Å². The largest absolute Gasteiger partial charge is 0.507 e. The number of phenols is 1. The van der Waals surface area contributed by atoms with Gasteiger partial charge in [-0.15, -0.1) is 0 Å². The summed E-state index contributed by atoms with van der Waals surface area (Å²) in [5.74, 6) is -3.03. The minimum atomic E-state index is -1.16. The van der Waals surface area contributed by atoms with Crippen molar-refractivity contribution in [3.8, 4) is 5.75 Å². The van der Waals surface area contributed by atoms with Gasteiger partial charge in [-0.05, 0) is 42.0 Å². The molecule has 0 aliphatic rings. The Balaban J connectivity index is 2.23. The summed E-state index contributed by atoms with van der Waals surface area (Å²) in [5.41, 5.74) is 0.793. The van der Waals surface area contributed by atoms with Crippen molar-refractivity contribution in [2.75, 3.05) is 12.0 Å². The first kappa shape index (κ1) is 28.7. The number of rotatable bonds is 13. The highest BCUT2D eigenvalue weighted by Crippen LogP contribution is 2.16. The molecule has 0 radical (unpaired) electrons. The Morgan fingerprint density at radius 2 is 1.47 bits per heavy atom. The Hall–Kier alpha value is -3.53. The number of amides is 3. The van der Waals surface area contributed by atoms with Crippen LogP contribution in [0, 0.1) is 5.92 Å². The van der Waals surface area contributed by atoms with Gasteiger partial charge in [-0.1, -0.05) is 56.3 Å². The fraction of sp³-hybridized carbons (Fsp3) is 0.385. The molecule has 0 aromatic heterocycles. The molecule has 2 rings (SSSR count). The van der Waals surface area contributed by atoms with Crippen LogP contribution < -0.4 is 16.0 Å². The van der Waals surface area contributed by atoms with Crippen molar-refractivity contribution in [3.63, 3.8) is 0 Å². The highest BCUT2D eigenvalue weighted by molar-refractivity contribution is 7.98. The summed E-state index contributed by atoms with van der Waals surface area (Å²) >= 11 is 1.47. The van der Waals surface area contributed by atoms with Crippen LogP contribution in [0.3, 0.4) is 0 Å². The summed E-state index contributed by atoms with van der Waals surface area (Å²) < 4.78 is 0. The number of nitrogens with one attached hydrogen (secondary N) is 3. The molecule has 0 bridgehead atoms. The number of aliphatic carboxylic acids is 1. The maximum atomic E-state index is 13.2. The first-order valence-electron chi connectivity index (χ1n) is 11.6. The summed E-state index contributed by atoms with van der Waals surface area (Å²) in [6.07, 6.45) is 2.21. The number of carboxylic acids is 1. The number of carbonyl (C=O) groups is 4. The summed E-state index contributed by atoms with van der Waals surface area (Å²) in [7, 11) is 0. The second-order valence-corrected chi connectivity index (χ2v) is 9.63. The average Bonchev–Trinajstić information content (AvgIpc) is 2.84. The molecule has 0 aliphatic heterocycles. The van der Waals surface area contributed by atoms with E-state index in [2.05, 4.69) is 16.0 Å². The second-order valence-electron chi connectivity index (χ2n) is 8.64. The average molecular weight is 516 g/mol. The lowest BCUT2D eigenvalue weighted by molar-refractivity contribution is -0.142. The first-order chi connectivity index (χ1) is 17.1. The minimum Gasteiger partial charge on any atom is -0.507 e. The standard InChI is InChI=1S/C26H33N3O6S/c1-16(2)22(29-23(31)18-11-7-8-12-21(18)30)25(33)28-20(15-17-9-5-4-6-10-17)24(32)27-19(26(34)35)13-14-36-3/h4-12,16,19-20,22,30H,13-15H2,1-3H3,(H,27,32)(H,28,33)(H,29,31)(H,34,35)/t19-,20-,22-/m0/s1. The van der Waals surface area contributed by atoms with E-state index in [1.54, 1.807) is 50.2 Å². The fourth-order valence-corrected chi connectivity index (χ4v) is 3.98. The van der Waals surface area contributed by atoms with Crippen LogP contribution in [0.15, 0.2) is 54.6 Å². The molecule has 2 aromatic carbocycles. The zero-order valence-electron chi connectivity index (χ0n) is 20.6. The lowest BCUT2D eigenvalue weighted by atomic mass is 10.00. The highest BCUT2D eigenvalue weighted by atomic mass is 32.2. The van der Waals surface area contributed by atoms with Crippen LogP contribution in [0.1, 0.15) is 36.2 Å². The third kappa shape index (κ3) is 8.60. The van der Waals surface area contributed by atoms with Crippen LogP contribution in [0.25, 0.3) is 0 Å². The lowest BCUT2D eigenvalue weighted by Gasteiger charge is -2.26. The number of hydrogen-bond donors (Lipinski definition) is 5. The van der Waals surface area contributed by atoms with Gasteiger partial charge in [0.2, 0.25) is 11.8 Å². The van der Waals surface area contributed by atoms with Gasteiger partial charge in [0.25, 0.3) is 5.91 Å². The predicted octanol–water partition coefficient (Wildman–Crippen LogP) is 2.20. The smallest absolute Gasteiger partial charge is 0.326 e. The lowest BCUT2D eigenvalue weighted by Crippen LogP contribution is -2.57. The van der Waals surface area contributed by atoms with Crippen molar-refractivity contribution >= 4 is 35.5 Å². The van der Waals surface area contributed by atoms with E-state index in [0.29, 0.717) is 5.75 Å². The van der Waals surface area contributed by atoms with Gasteiger partial charge in [0.15, 0.2) is 0 Å². The van der Waals surface area contributed by atoms with E-state index in [9.17, 15) is 29.4 Å². The Labute approximate surface area is 215 Å². The molecule has 0 fully saturated rings. The van der Waals surface area contributed by atoms with Gasteiger partial charge >= 0.3 is 5.97 Å². The highest BCUT2D eigenvalue weighted by Gasteiger charge is 2.31. The SMILES string of the molecule is CSCC[C@H](NC(=O)[C@H](Cc1ccccc1)NC(=O)[C@@H](NC(=O)c1ccccc1O)C(C)C)C(=O)O. The minimum absolute atomic E-state index is 0.0209. The van der Waals surface area contributed by atoms with E-state index in [4.69, 9.17) is 0 Å². The molecule has 3 amide bonds. The van der Waals surface area contributed by atoms with Crippen molar-refractivity contribution in [2.24, 2.45) is 5.92 Å². The molecule has 0 aliphatic carbocycles. The first-order valence-corrected chi connectivity index (χ1v) is 13.0. The Bertz CT molecular complexity index is 1050. The quantitative estimate of drug-likeness (QED) is 0.275. The van der Waals surface area contributed by atoms with Crippen molar-refractivity contribution < 1.29 is 29.4 Å². The van der Waals surface area contributed by atoms with Gasteiger partial charge in [0.05, 0.1) is 5.56 Å².